The fraction of sp³-hybridized carbons (Fsp3) is 0.300. The van der Waals surface area contributed by atoms with Gasteiger partial charge in [0, 0.05) is 6.07 Å². The first-order chi connectivity index (χ1) is 6.54. The van der Waals surface area contributed by atoms with Gasteiger partial charge in [-0.2, -0.15) is 0 Å². The minimum Gasteiger partial charge on any atom is -0.496 e. The van der Waals surface area contributed by atoms with E-state index < -0.39 is 11.8 Å². The lowest BCUT2D eigenvalue weighted by Crippen LogP contribution is -2.03. The van der Waals surface area contributed by atoms with E-state index in [9.17, 15) is 9.18 Å². The second kappa shape index (κ2) is 4.09. The van der Waals surface area contributed by atoms with Gasteiger partial charge in [0.05, 0.1) is 13.5 Å². The van der Waals surface area contributed by atoms with E-state index in [0.717, 1.165) is 0 Å². The van der Waals surface area contributed by atoms with Crippen molar-refractivity contribution in [1.29, 1.82) is 0 Å². The fourth-order valence-electron chi connectivity index (χ4n) is 1.27. The van der Waals surface area contributed by atoms with Crippen molar-refractivity contribution in [3.63, 3.8) is 0 Å². The van der Waals surface area contributed by atoms with Gasteiger partial charge in [0.2, 0.25) is 0 Å². The first-order valence-electron chi connectivity index (χ1n) is 4.09. The standard InChI is InChI=1S/C10H11FO3/c1-6-7(4-10(12)13)3-8(11)5-9(6)14-2/h3,5H,4H2,1-2H3,(H,12,13). The Morgan fingerprint density at radius 2 is 2.21 bits per heavy atom. The van der Waals surface area contributed by atoms with Gasteiger partial charge in [-0.05, 0) is 24.1 Å². The van der Waals surface area contributed by atoms with Gasteiger partial charge in [-0.25, -0.2) is 4.39 Å². The highest BCUT2D eigenvalue weighted by atomic mass is 19.1. The number of aliphatic carboxylic acids is 1. The Bertz CT molecular complexity index is 361. The molecule has 0 aliphatic heterocycles. The quantitative estimate of drug-likeness (QED) is 0.805. The van der Waals surface area contributed by atoms with E-state index in [2.05, 4.69) is 0 Å². The van der Waals surface area contributed by atoms with Crippen LogP contribution in [0.1, 0.15) is 11.1 Å². The number of ether oxygens (including phenoxy) is 1. The minimum atomic E-state index is -0.985. The smallest absolute Gasteiger partial charge is 0.307 e. The predicted molar refractivity (Wildman–Crippen MR) is 49.0 cm³/mol. The van der Waals surface area contributed by atoms with E-state index in [1.165, 1.54) is 19.2 Å². The highest BCUT2D eigenvalue weighted by Gasteiger charge is 2.10. The predicted octanol–water partition coefficient (Wildman–Crippen LogP) is 1.77. The van der Waals surface area contributed by atoms with Crippen LogP contribution in [0.5, 0.6) is 5.75 Å². The van der Waals surface area contributed by atoms with E-state index >= 15 is 0 Å². The largest absolute Gasteiger partial charge is 0.496 e. The molecule has 76 valence electrons. The molecule has 0 aromatic heterocycles. The number of carboxylic acid groups (broad SMARTS) is 1. The highest BCUT2D eigenvalue weighted by Crippen LogP contribution is 2.23. The summed E-state index contributed by atoms with van der Waals surface area (Å²) in [6.07, 6.45) is -0.194. The summed E-state index contributed by atoms with van der Waals surface area (Å²) in [6.45, 7) is 1.70. The Morgan fingerprint density at radius 1 is 1.57 bits per heavy atom. The van der Waals surface area contributed by atoms with Gasteiger partial charge in [0.25, 0.3) is 0 Å². The lowest BCUT2D eigenvalue weighted by Gasteiger charge is -2.08. The molecule has 3 nitrogen and oxygen atoms in total. The number of halogens is 1. The molecule has 0 atom stereocenters. The molecule has 1 rings (SSSR count). The van der Waals surface area contributed by atoms with Crippen LogP contribution in [0.3, 0.4) is 0 Å². The van der Waals surface area contributed by atoms with Crippen LogP contribution in [0.15, 0.2) is 12.1 Å². The second-order valence-electron chi connectivity index (χ2n) is 2.96. The molecule has 0 unspecified atom stereocenters. The monoisotopic (exact) mass is 198 g/mol. The second-order valence-corrected chi connectivity index (χ2v) is 2.96. The van der Waals surface area contributed by atoms with Gasteiger partial charge in [-0.3, -0.25) is 4.79 Å². The van der Waals surface area contributed by atoms with E-state index in [1.807, 2.05) is 0 Å². The Labute approximate surface area is 81.1 Å². The van der Waals surface area contributed by atoms with E-state index in [4.69, 9.17) is 9.84 Å². The van der Waals surface area contributed by atoms with E-state index in [1.54, 1.807) is 6.92 Å². The summed E-state index contributed by atoms with van der Waals surface area (Å²) in [6, 6.07) is 2.45. The average molecular weight is 198 g/mol. The van der Waals surface area contributed by atoms with E-state index in [-0.39, 0.29) is 6.42 Å². The molecular weight excluding hydrogens is 187 g/mol. The molecule has 0 spiro atoms. The fourth-order valence-corrected chi connectivity index (χ4v) is 1.27. The maximum absolute atomic E-state index is 13.0. The molecule has 0 aliphatic carbocycles. The van der Waals surface area contributed by atoms with Crippen LogP contribution in [0.4, 0.5) is 4.39 Å². The summed E-state index contributed by atoms with van der Waals surface area (Å²) >= 11 is 0. The molecule has 1 aromatic carbocycles. The summed E-state index contributed by atoms with van der Waals surface area (Å²) in [7, 11) is 1.42. The number of methoxy groups -OCH3 is 1. The van der Waals surface area contributed by atoms with Crippen LogP contribution < -0.4 is 4.74 Å². The third-order valence-electron chi connectivity index (χ3n) is 1.99. The number of hydrogen-bond donors (Lipinski definition) is 1. The molecule has 0 heterocycles. The maximum Gasteiger partial charge on any atom is 0.307 e. The molecule has 1 N–H and O–H groups in total. The summed E-state index contributed by atoms with van der Waals surface area (Å²) in [5.41, 5.74) is 1.10. The van der Waals surface area contributed by atoms with Crippen LogP contribution in [0.2, 0.25) is 0 Å². The van der Waals surface area contributed by atoms with Gasteiger partial charge in [-0.15, -0.1) is 0 Å². The van der Waals surface area contributed by atoms with Crippen molar-refractivity contribution in [2.45, 2.75) is 13.3 Å². The third-order valence-corrected chi connectivity index (χ3v) is 1.99. The van der Waals surface area contributed by atoms with Crippen molar-refractivity contribution in [2.75, 3.05) is 7.11 Å². The molecule has 0 amide bonds. The summed E-state index contributed by atoms with van der Waals surface area (Å²) in [5, 5.41) is 8.58. The Hall–Kier alpha value is -1.58. The van der Waals surface area contributed by atoms with Crippen molar-refractivity contribution in [3.05, 3.63) is 29.1 Å². The number of rotatable bonds is 3. The molecule has 0 saturated carbocycles. The third kappa shape index (κ3) is 2.22. The van der Waals surface area contributed by atoms with Crippen molar-refractivity contribution in [2.24, 2.45) is 0 Å². The molecule has 0 fully saturated rings. The number of carbonyl (C=O) groups is 1. The van der Waals surface area contributed by atoms with Crippen LogP contribution >= 0.6 is 0 Å². The van der Waals surface area contributed by atoms with Crippen LogP contribution in [0, 0.1) is 12.7 Å². The minimum absolute atomic E-state index is 0.194. The lowest BCUT2D eigenvalue weighted by atomic mass is 10.0. The summed E-state index contributed by atoms with van der Waals surface area (Å²) < 4.78 is 17.9. The van der Waals surface area contributed by atoms with Gasteiger partial charge in [0.1, 0.15) is 11.6 Å². The molecular formula is C10H11FO3. The van der Waals surface area contributed by atoms with Gasteiger partial charge < -0.3 is 9.84 Å². The summed E-state index contributed by atoms with van der Waals surface area (Å²) in [4.78, 5) is 10.5. The molecule has 14 heavy (non-hydrogen) atoms. The Kier molecular flexibility index (Phi) is 3.06. The van der Waals surface area contributed by atoms with E-state index in [0.29, 0.717) is 16.9 Å². The zero-order valence-corrected chi connectivity index (χ0v) is 8.00. The average Bonchev–Trinajstić information content (AvgIpc) is 2.09. The zero-order valence-electron chi connectivity index (χ0n) is 8.00. The summed E-state index contributed by atoms with van der Waals surface area (Å²) in [5.74, 6) is -1.09. The molecule has 0 aliphatic rings. The van der Waals surface area contributed by atoms with Crippen molar-refractivity contribution < 1.29 is 19.0 Å². The van der Waals surface area contributed by atoms with Crippen LogP contribution in [-0.4, -0.2) is 18.2 Å². The zero-order chi connectivity index (χ0) is 10.7. The molecule has 0 radical (unpaired) electrons. The van der Waals surface area contributed by atoms with Crippen LogP contribution in [0.25, 0.3) is 0 Å². The van der Waals surface area contributed by atoms with Gasteiger partial charge >= 0.3 is 5.97 Å². The van der Waals surface area contributed by atoms with Crippen LogP contribution in [-0.2, 0) is 11.2 Å². The topological polar surface area (TPSA) is 46.5 Å². The first-order valence-corrected chi connectivity index (χ1v) is 4.09. The number of hydrogen-bond acceptors (Lipinski definition) is 2. The maximum atomic E-state index is 13.0. The SMILES string of the molecule is COc1cc(F)cc(CC(=O)O)c1C. The highest BCUT2D eigenvalue weighted by molar-refractivity contribution is 5.71. The molecule has 4 heteroatoms. The molecule has 1 aromatic rings. The molecule has 0 saturated heterocycles. The number of benzene rings is 1. The first kappa shape index (κ1) is 10.5. The Balaban J connectivity index is 3.15. The van der Waals surface area contributed by atoms with Crippen molar-refractivity contribution in [3.8, 4) is 5.75 Å². The normalized spacial score (nSPS) is 9.93. The van der Waals surface area contributed by atoms with Crippen molar-refractivity contribution in [1.82, 2.24) is 0 Å². The van der Waals surface area contributed by atoms with Gasteiger partial charge in [-0.1, -0.05) is 0 Å². The number of carboxylic acids is 1. The molecule has 0 bridgehead atoms. The lowest BCUT2D eigenvalue weighted by molar-refractivity contribution is -0.136. The van der Waals surface area contributed by atoms with Gasteiger partial charge in [0.15, 0.2) is 0 Å². The van der Waals surface area contributed by atoms with Crippen molar-refractivity contribution >= 4 is 5.97 Å². The Morgan fingerprint density at radius 3 is 2.71 bits per heavy atom.